The predicted molar refractivity (Wildman–Crippen MR) is 104 cm³/mol. The zero-order valence-corrected chi connectivity index (χ0v) is 16.0. The second-order valence-electron chi connectivity index (χ2n) is 6.47. The van der Waals surface area contributed by atoms with Crippen LogP contribution in [0, 0.1) is 0 Å². The van der Waals surface area contributed by atoms with Crippen molar-refractivity contribution in [1.82, 2.24) is 0 Å². The number of alkyl halides is 1. The summed E-state index contributed by atoms with van der Waals surface area (Å²) in [7, 11) is 1.75. The fraction of sp³-hybridized carbons (Fsp3) is 0.421. The molecule has 0 bridgehead atoms. The second kappa shape index (κ2) is 6.67. The first-order valence-corrected chi connectivity index (χ1v) is 9.46. The zero-order chi connectivity index (χ0) is 16.4. The fourth-order valence-electron chi connectivity index (χ4n) is 2.99. The van der Waals surface area contributed by atoms with Gasteiger partial charge in [-0.3, -0.25) is 0 Å². The Morgan fingerprint density at radius 1 is 1.26 bits per heavy atom. The molecule has 0 saturated heterocycles. The summed E-state index contributed by atoms with van der Waals surface area (Å²) >= 11 is 2.42. The lowest BCUT2D eigenvalue weighted by Gasteiger charge is -2.15. The molecular weight excluding hydrogens is 401 g/mol. The maximum Gasteiger partial charge on any atom is 0.217 e. The van der Waals surface area contributed by atoms with Crippen molar-refractivity contribution in [3.05, 3.63) is 41.5 Å². The van der Waals surface area contributed by atoms with Crippen molar-refractivity contribution in [2.45, 2.75) is 32.2 Å². The number of benzene rings is 2. The summed E-state index contributed by atoms with van der Waals surface area (Å²) in [5, 5.41) is 2.27. The van der Waals surface area contributed by atoms with E-state index in [1.165, 1.54) is 5.56 Å². The van der Waals surface area contributed by atoms with E-state index in [0.717, 1.165) is 45.3 Å². The first kappa shape index (κ1) is 16.6. The minimum absolute atomic E-state index is 0.154. The molecule has 3 nitrogen and oxygen atoms in total. The van der Waals surface area contributed by atoms with Gasteiger partial charge in [-0.15, -0.1) is 0 Å². The molecule has 2 aromatic carbocycles. The molecule has 4 heteroatoms. The van der Waals surface area contributed by atoms with Gasteiger partial charge in [-0.2, -0.15) is 0 Å². The highest BCUT2D eigenvalue weighted by atomic mass is 127. The molecule has 0 aromatic heterocycles. The van der Waals surface area contributed by atoms with Crippen LogP contribution in [0.4, 0.5) is 0 Å². The van der Waals surface area contributed by atoms with Gasteiger partial charge in [0.05, 0.1) is 12.6 Å². The highest BCUT2D eigenvalue weighted by molar-refractivity contribution is 14.1. The Morgan fingerprint density at radius 3 is 2.61 bits per heavy atom. The summed E-state index contributed by atoms with van der Waals surface area (Å²) < 4.78 is 12.8. The Hall–Kier alpha value is -1.30. The van der Waals surface area contributed by atoms with Gasteiger partial charge >= 0.3 is 0 Å². The van der Waals surface area contributed by atoms with Gasteiger partial charge in [0.15, 0.2) is 0 Å². The lowest BCUT2D eigenvalue weighted by Crippen LogP contribution is -2.17. The minimum atomic E-state index is -0.154. The molecule has 23 heavy (non-hydrogen) atoms. The van der Waals surface area contributed by atoms with E-state index < -0.39 is 0 Å². The van der Waals surface area contributed by atoms with Gasteiger partial charge < -0.3 is 9.47 Å². The quantitative estimate of drug-likeness (QED) is 0.513. The smallest absolute Gasteiger partial charge is 0.217 e. The molecule has 1 heterocycles. The summed E-state index contributed by atoms with van der Waals surface area (Å²) in [6.45, 7) is 4.83. The highest BCUT2D eigenvalue weighted by Gasteiger charge is 2.28. The first-order valence-electron chi connectivity index (χ1n) is 7.93. The van der Waals surface area contributed by atoms with Crippen molar-refractivity contribution in [3.8, 4) is 5.75 Å². The number of rotatable bonds is 5. The normalized spacial score (nSPS) is 16.3. The average Bonchev–Trinajstić information content (AvgIpc) is 2.91. The molecule has 3 rings (SSSR count). The van der Waals surface area contributed by atoms with E-state index in [0.29, 0.717) is 6.61 Å². The van der Waals surface area contributed by atoms with Gasteiger partial charge in [-0.1, -0.05) is 46.9 Å². The van der Waals surface area contributed by atoms with Crippen LogP contribution in [0.1, 0.15) is 31.4 Å². The molecule has 0 saturated carbocycles. The molecule has 1 aliphatic rings. The van der Waals surface area contributed by atoms with E-state index in [1.807, 2.05) is 0 Å². The Bertz CT molecular complexity index is 752. The summed E-state index contributed by atoms with van der Waals surface area (Å²) in [6, 6.07) is 10.5. The summed E-state index contributed by atoms with van der Waals surface area (Å²) in [4.78, 5) is 4.77. The van der Waals surface area contributed by atoms with Crippen molar-refractivity contribution < 1.29 is 9.47 Å². The number of methoxy groups -OCH3 is 1. The van der Waals surface area contributed by atoms with Crippen LogP contribution in [0.3, 0.4) is 0 Å². The van der Waals surface area contributed by atoms with Crippen LogP contribution in [-0.4, -0.2) is 29.6 Å². The van der Waals surface area contributed by atoms with E-state index in [1.54, 1.807) is 7.11 Å². The first-order chi connectivity index (χ1) is 11.1. The molecule has 2 aromatic rings. The summed E-state index contributed by atoms with van der Waals surface area (Å²) in [5.74, 6) is 1.73. The van der Waals surface area contributed by atoms with Gasteiger partial charge in [0.1, 0.15) is 12.4 Å². The molecule has 0 amide bonds. The van der Waals surface area contributed by atoms with E-state index in [9.17, 15) is 0 Å². The van der Waals surface area contributed by atoms with Crippen molar-refractivity contribution in [2.75, 3.05) is 18.1 Å². The Kier molecular flexibility index (Phi) is 4.80. The van der Waals surface area contributed by atoms with Crippen molar-refractivity contribution >= 4 is 39.3 Å². The number of fused-ring (bicyclic) bond motifs is 1. The number of nitrogens with zero attached hydrogens (tertiary/aromatic N) is 1. The fourth-order valence-corrected chi connectivity index (χ4v) is 3.37. The number of aryl methyl sites for hydroxylation is 1. The van der Waals surface area contributed by atoms with Gasteiger partial charge in [0, 0.05) is 10.9 Å². The van der Waals surface area contributed by atoms with Crippen LogP contribution >= 0.6 is 22.6 Å². The van der Waals surface area contributed by atoms with Crippen LogP contribution in [0.2, 0.25) is 0 Å². The SMILES string of the molecule is COc1c(CCCI)cc(C2=NC(C)(C)CO2)c2ccccc12. The van der Waals surface area contributed by atoms with E-state index in [-0.39, 0.29) is 5.54 Å². The molecule has 0 atom stereocenters. The lowest BCUT2D eigenvalue weighted by atomic mass is 9.97. The second-order valence-corrected chi connectivity index (χ2v) is 7.55. The topological polar surface area (TPSA) is 30.8 Å². The molecule has 1 aliphatic heterocycles. The molecular formula is C19H22INO2. The largest absolute Gasteiger partial charge is 0.496 e. The number of aliphatic imine (C=N–C) groups is 1. The van der Waals surface area contributed by atoms with E-state index >= 15 is 0 Å². The van der Waals surface area contributed by atoms with E-state index in [2.05, 4.69) is 66.8 Å². The van der Waals surface area contributed by atoms with Crippen LogP contribution < -0.4 is 4.74 Å². The van der Waals surface area contributed by atoms with Crippen LogP contribution in [0.25, 0.3) is 10.8 Å². The van der Waals surface area contributed by atoms with Crippen molar-refractivity contribution in [1.29, 1.82) is 0 Å². The number of hydrogen-bond acceptors (Lipinski definition) is 3. The predicted octanol–water partition coefficient (Wildman–Crippen LogP) is 4.77. The Morgan fingerprint density at radius 2 is 2.00 bits per heavy atom. The van der Waals surface area contributed by atoms with Crippen molar-refractivity contribution in [3.63, 3.8) is 0 Å². The summed E-state index contributed by atoms with van der Waals surface area (Å²) in [5.41, 5.74) is 2.16. The van der Waals surface area contributed by atoms with E-state index in [4.69, 9.17) is 14.5 Å². The Labute approximate surface area is 151 Å². The van der Waals surface area contributed by atoms with Crippen molar-refractivity contribution in [2.24, 2.45) is 4.99 Å². The molecule has 0 spiro atoms. The minimum Gasteiger partial charge on any atom is -0.496 e. The molecule has 122 valence electrons. The standard InChI is InChI=1S/C19H22INO2/c1-19(2)12-23-18(21-19)16-11-13(7-6-10-20)17(22-3)15-9-5-4-8-14(15)16/h4-5,8-9,11H,6-7,10,12H2,1-3H3. The van der Waals surface area contributed by atoms with Gasteiger partial charge in [0.25, 0.3) is 0 Å². The van der Waals surface area contributed by atoms with Crippen LogP contribution in [0.15, 0.2) is 35.3 Å². The monoisotopic (exact) mass is 423 g/mol. The third-order valence-electron chi connectivity index (χ3n) is 4.05. The number of hydrogen-bond donors (Lipinski definition) is 0. The summed E-state index contributed by atoms with van der Waals surface area (Å²) in [6.07, 6.45) is 2.13. The number of ether oxygens (including phenoxy) is 2. The highest BCUT2D eigenvalue weighted by Crippen LogP contribution is 2.35. The van der Waals surface area contributed by atoms with Crippen LogP contribution in [-0.2, 0) is 11.2 Å². The molecule has 0 fully saturated rings. The molecule has 0 N–H and O–H groups in total. The molecule has 0 radical (unpaired) electrons. The van der Waals surface area contributed by atoms with Crippen LogP contribution in [0.5, 0.6) is 5.75 Å². The number of halogens is 1. The van der Waals surface area contributed by atoms with Gasteiger partial charge in [-0.25, -0.2) is 4.99 Å². The Balaban J connectivity index is 2.21. The zero-order valence-electron chi connectivity index (χ0n) is 13.9. The average molecular weight is 423 g/mol. The molecule has 0 unspecified atom stereocenters. The third-order valence-corrected chi connectivity index (χ3v) is 4.82. The third kappa shape index (κ3) is 3.32. The maximum absolute atomic E-state index is 5.90. The maximum atomic E-state index is 5.90. The molecule has 0 aliphatic carbocycles. The van der Waals surface area contributed by atoms with Gasteiger partial charge in [-0.05, 0) is 48.1 Å². The van der Waals surface area contributed by atoms with Gasteiger partial charge in [0.2, 0.25) is 5.90 Å². The lowest BCUT2D eigenvalue weighted by molar-refractivity contribution is 0.279.